The number of fused-ring (bicyclic) bond motifs is 1. The smallest absolute Gasteiger partial charge is 0.285 e. The molecule has 0 aliphatic carbocycles. The van der Waals surface area contributed by atoms with Crippen molar-refractivity contribution in [3.05, 3.63) is 54.1 Å². The Labute approximate surface area is 129 Å². The summed E-state index contributed by atoms with van der Waals surface area (Å²) in [7, 11) is -3.62. The van der Waals surface area contributed by atoms with Crippen molar-refractivity contribution in [1.29, 1.82) is 0 Å². The highest BCUT2D eigenvalue weighted by Crippen LogP contribution is 2.29. The number of ether oxygens (including phenoxy) is 1. The highest BCUT2D eigenvalue weighted by molar-refractivity contribution is 7.90. The number of anilines is 1. The maximum Gasteiger partial charge on any atom is 0.285 e. The van der Waals surface area contributed by atoms with Crippen molar-refractivity contribution in [2.75, 3.05) is 11.9 Å². The Hall–Kier alpha value is -2.34. The predicted octanol–water partition coefficient (Wildman–Crippen LogP) is 3.04. The van der Waals surface area contributed by atoms with E-state index in [2.05, 4.69) is 9.71 Å². The summed E-state index contributed by atoms with van der Waals surface area (Å²) in [5.41, 5.74) is 1.27. The van der Waals surface area contributed by atoms with Crippen molar-refractivity contribution in [3.8, 4) is 5.75 Å². The van der Waals surface area contributed by atoms with Crippen molar-refractivity contribution in [2.45, 2.75) is 18.2 Å². The molecule has 0 bridgehead atoms. The Bertz CT molecular complexity index is 829. The van der Waals surface area contributed by atoms with Gasteiger partial charge in [0.2, 0.25) is 0 Å². The van der Waals surface area contributed by atoms with Gasteiger partial charge in [-0.1, -0.05) is 31.2 Å². The molecule has 3 rings (SSSR count). The van der Waals surface area contributed by atoms with E-state index in [-0.39, 0.29) is 4.90 Å². The molecule has 0 radical (unpaired) electrons. The molecule has 0 saturated heterocycles. The lowest BCUT2D eigenvalue weighted by atomic mass is 10.2. The van der Waals surface area contributed by atoms with E-state index in [9.17, 15) is 8.42 Å². The van der Waals surface area contributed by atoms with Crippen LogP contribution in [0.25, 0.3) is 0 Å². The van der Waals surface area contributed by atoms with Crippen LogP contribution < -0.4 is 10.1 Å². The Morgan fingerprint density at radius 1 is 1.09 bits per heavy atom. The van der Waals surface area contributed by atoms with Crippen molar-refractivity contribution in [1.82, 2.24) is 0 Å². The Morgan fingerprint density at radius 3 is 2.64 bits per heavy atom. The number of amidine groups is 1. The van der Waals surface area contributed by atoms with E-state index in [0.29, 0.717) is 29.4 Å². The molecule has 5 nitrogen and oxygen atoms in total. The van der Waals surface area contributed by atoms with Gasteiger partial charge in [0.25, 0.3) is 10.0 Å². The largest absolute Gasteiger partial charge is 0.491 e. The predicted molar refractivity (Wildman–Crippen MR) is 86.0 cm³/mol. The molecule has 1 N–H and O–H groups in total. The minimum Gasteiger partial charge on any atom is -0.491 e. The Kier molecular flexibility index (Phi) is 3.85. The van der Waals surface area contributed by atoms with E-state index in [1.807, 2.05) is 31.2 Å². The number of nitrogens with zero attached hydrogens (tertiary/aromatic N) is 1. The molecule has 2 aromatic rings. The number of hydrogen-bond donors (Lipinski definition) is 1. The zero-order valence-electron chi connectivity index (χ0n) is 12.1. The first-order valence-corrected chi connectivity index (χ1v) is 8.49. The first-order chi connectivity index (χ1) is 10.6. The van der Waals surface area contributed by atoms with Crippen LogP contribution in [-0.4, -0.2) is 20.9 Å². The number of para-hydroxylation sites is 2. The first-order valence-electron chi connectivity index (χ1n) is 7.05. The van der Waals surface area contributed by atoms with Crippen LogP contribution in [0.3, 0.4) is 0 Å². The SMILES string of the molecule is CCCOc1ccccc1NC1=NS(=O)(=O)c2ccccc21. The molecule has 0 saturated carbocycles. The van der Waals surface area contributed by atoms with Crippen LogP contribution >= 0.6 is 0 Å². The van der Waals surface area contributed by atoms with Gasteiger partial charge in [0.05, 0.1) is 12.3 Å². The third-order valence-electron chi connectivity index (χ3n) is 3.23. The summed E-state index contributed by atoms with van der Waals surface area (Å²) in [6, 6.07) is 14.2. The number of sulfonamides is 1. The van der Waals surface area contributed by atoms with Crippen LogP contribution in [-0.2, 0) is 10.0 Å². The molecule has 0 spiro atoms. The summed E-state index contributed by atoms with van der Waals surface area (Å²) in [4.78, 5) is 0.226. The van der Waals surface area contributed by atoms with Crippen molar-refractivity contribution in [2.24, 2.45) is 4.40 Å². The van der Waals surface area contributed by atoms with E-state index in [1.54, 1.807) is 24.3 Å². The fraction of sp³-hybridized carbons (Fsp3) is 0.188. The van der Waals surface area contributed by atoms with Gasteiger partial charge >= 0.3 is 0 Å². The second kappa shape index (κ2) is 5.81. The zero-order chi connectivity index (χ0) is 15.6. The van der Waals surface area contributed by atoms with E-state index >= 15 is 0 Å². The van der Waals surface area contributed by atoms with Crippen LogP contribution in [0, 0.1) is 0 Å². The fourth-order valence-electron chi connectivity index (χ4n) is 2.23. The molecule has 0 unspecified atom stereocenters. The second-order valence-electron chi connectivity index (χ2n) is 4.88. The fourth-order valence-corrected chi connectivity index (χ4v) is 3.41. The highest BCUT2D eigenvalue weighted by atomic mass is 32.2. The second-order valence-corrected chi connectivity index (χ2v) is 6.45. The number of hydrogen-bond acceptors (Lipinski definition) is 4. The third kappa shape index (κ3) is 2.69. The van der Waals surface area contributed by atoms with Crippen LogP contribution in [0.4, 0.5) is 5.69 Å². The van der Waals surface area contributed by atoms with E-state index < -0.39 is 10.0 Å². The van der Waals surface area contributed by atoms with Gasteiger partial charge in [0.1, 0.15) is 10.6 Å². The summed E-state index contributed by atoms with van der Waals surface area (Å²) < 4.78 is 33.6. The molecule has 22 heavy (non-hydrogen) atoms. The molecule has 1 aliphatic rings. The number of benzene rings is 2. The van der Waals surface area contributed by atoms with Crippen molar-refractivity contribution in [3.63, 3.8) is 0 Å². The first kappa shape index (κ1) is 14.6. The molecule has 1 heterocycles. The average Bonchev–Trinajstić information content (AvgIpc) is 2.78. The third-order valence-corrected chi connectivity index (χ3v) is 4.57. The highest BCUT2D eigenvalue weighted by Gasteiger charge is 2.28. The number of rotatable bonds is 4. The minimum atomic E-state index is -3.62. The van der Waals surface area contributed by atoms with Gasteiger partial charge in [-0.2, -0.15) is 8.42 Å². The quantitative estimate of drug-likeness (QED) is 0.941. The normalized spacial score (nSPS) is 15.0. The lowest BCUT2D eigenvalue weighted by molar-refractivity contribution is 0.319. The molecule has 0 fully saturated rings. The Morgan fingerprint density at radius 2 is 1.82 bits per heavy atom. The standard InChI is InChI=1S/C16H16N2O3S/c1-2-11-21-14-9-5-4-8-13(14)17-16-12-7-3-6-10-15(12)22(19,20)18-16/h3-10H,2,11H2,1H3,(H,17,18). The molecule has 114 valence electrons. The molecule has 2 aromatic carbocycles. The summed E-state index contributed by atoms with van der Waals surface area (Å²) in [5, 5.41) is 3.08. The van der Waals surface area contributed by atoms with Crippen LogP contribution in [0.1, 0.15) is 18.9 Å². The minimum absolute atomic E-state index is 0.226. The summed E-state index contributed by atoms with van der Waals surface area (Å²) in [6.07, 6.45) is 0.895. The van der Waals surface area contributed by atoms with Gasteiger partial charge in [-0.25, -0.2) is 0 Å². The molecule has 1 aliphatic heterocycles. The van der Waals surface area contributed by atoms with Gasteiger partial charge in [-0.05, 0) is 30.7 Å². The lowest BCUT2D eigenvalue weighted by Gasteiger charge is -2.12. The van der Waals surface area contributed by atoms with Gasteiger partial charge < -0.3 is 10.1 Å². The van der Waals surface area contributed by atoms with Crippen LogP contribution in [0.15, 0.2) is 57.8 Å². The Balaban J connectivity index is 1.95. The van der Waals surface area contributed by atoms with E-state index in [0.717, 1.165) is 6.42 Å². The maximum absolute atomic E-state index is 12.1. The van der Waals surface area contributed by atoms with Gasteiger partial charge in [-0.3, -0.25) is 0 Å². The van der Waals surface area contributed by atoms with Gasteiger partial charge in [0, 0.05) is 5.56 Å². The summed E-state index contributed by atoms with van der Waals surface area (Å²) in [6.45, 7) is 2.62. The summed E-state index contributed by atoms with van der Waals surface area (Å²) >= 11 is 0. The van der Waals surface area contributed by atoms with E-state index in [4.69, 9.17) is 4.74 Å². The van der Waals surface area contributed by atoms with Crippen molar-refractivity contribution >= 4 is 21.5 Å². The molecule has 0 amide bonds. The van der Waals surface area contributed by atoms with Crippen LogP contribution in [0.2, 0.25) is 0 Å². The maximum atomic E-state index is 12.1. The van der Waals surface area contributed by atoms with E-state index in [1.165, 1.54) is 0 Å². The van der Waals surface area contributed by atoms with Crippen molar-refractivity contribution < 1.29 is 13.2 Å². The summed E-state index contributed by atoms with van der Waals surface area (Å²) in [5.74, 6) is 0.997. The lowest BCUT2D eigenvalue weighted by Crippen LogP contribution is -2.12. The van der Waals surface area contributed by atoms with Gasteiger partial charge in [0.15, 0.2) is 5.84 Å². The zero-order valence-corrected chi connectivity index (χ0v) is 12.9. The van der Waals surface area contributed by atoms with Gasteiger partial charge in [-0.15, -0.1) is 4.40 Å². The average molecular weight is 316 g/mol. The van der Waals surface area contributed by atoms with Crippen LogP contribution in [0.5, 0.6) is 5.75 Å². The molecular weight excluding hydrogens is 300 g/mol. The number of nitrogens with one attached hydrogen (secondary N) is 1. The molecule has 0 aromatic heterocycles. The molecule has 6 heteroatoms. The molecular formula is C16H16N2O3S. The topological polar surface area (TPSA) is 67.8 Å². The monoisotopic (exact) mass is 316 g/mol. The molecule has 0 atom stereocenters.